The van der Waals surface area contributed by atoms with Crippen LogP contribution in [0.2, 0.25) is 5.02 Å². The van der Waals surface area contributed by atoms with Gasteiger partial charge in [0.15, 0.2) is 5.11 Å². The lowest BCUT2D eigenvalue weighted by Gasteiger charge is -2.11. The van der Waals surface area contributed by atoms with Gasteiger partial charge in [0.1, 0.15) is 0 Å². The Bertz CT molecular complexity index is 637. The van der Waals surface area contributed by atoms with E-state index in [9.17, 15) is 0 Å². The van der Waals surface area contributed by atoms with Crippen LogP contribution in [0, 0.1) is 20.8 Å². The summed E-state index contributed by atoms with van der Waals surface area (Å²) in [7, 11) is 0. The van der Waals surface area contributed by atoms with E-state index in [-0.39, 0.29) is 0 Å². The van der Waals surface area contributed by atoms with E-state index in [4.69, 9.17) is 23.8 Å². The van der Waals surface area contributed by atoms with E-state index < -0.39 is 0 Å². The SMILES string of the molecule is Cc1cc(C)nc(NC(=S)Nc2ccc(C)c(Cl)c2)n1. The van der Waals surface area contributed by atoms with Gasteiger partial charge in [-0.1, -0.05) is 17.7 Å². The molecule has 0 saturated carbocycles. The minimum atomic E-state index is 0.426. The zero-order valence-electron chi connectivity index (χ0n) is 11.5. The highest BCUT2D eigenvalue weighted by molar-refractivity contribution is 7.80. The number of halogens is 1. The Morgan fingerprint density at radius 2 is 1.70 bits per heavy atom. The normalized spacial score (nSPS) is 10.2. The van der Waals surface area contributed by atoms with Crippen LogP contribution in [-0.4, -0.2) is 15.1 Å². The fourth-order valence-electron chi connectivity index (χ4n) is 1.72. The second-order valence-corrected chi connectivity index (χ2v) is 5.33. The maximum Gasteiger partial charge on any atom is 0.229 e. The minimum Gasteiger partial charge on any atom is -0.332 e. The summed E-state index contributed by atoms with van der Waals surface area (Å²) in [6.45, 7) is 5.78. The van der Waals surface area contributed by atoms with E-state index in [0.29, 0.717) is 16.1 Å². The number of nitrogens with one attached hydrogen (secondary N) is 2. The van der Waals surface area contributed by atoms with Crippen molar-refractivity contribution in [1.82, 2.24) is 9.97 Å². The molecule has 0 unspecified atom stereocenters. The molecule has 0 fully saturated rings. The van der Waals surface area contributed by atoms with Gasteiger partial charge in [0.25, 0.3) is 0 Å². The summed E-state index contributed by atoms with van der Waals surface area (Å²) in [5.74, 6) is 0.484. The molecule has 4 nitrogen and oxygen atoms in total. The zero-order valence-corrected chi connectivity index (χ0v) is 13.1. The van der Waals surface area contributed by atoms with Crippen LogP contribution in [0.5, 0.6) is 0 Å². The molecule has 104 valence electrons. The van der Waals surface area contributed by atoms with Crippen molar-refractivity contribution in [2.75, 3.05) is 10.6 Å². The smallest absolute Gasteiger partial charge is 0.229 e. The topological polar surface area (TPSA) is 49.8 Å². The maximum absolute atomic E-state index is 6.07. The highest BCUT2D eigenvalue weighted by Gasteiger charge is 2.04. The molecule has 0 aliphatic rings. The van der Waals surface area contributed by atoms with Crippen LogP contribution in [0.4, 0.5) is 11.6 Å². The first-order chi connectivity index (χ1) is 9.44. The molecule has 0 atom stereocenters. The number of anilines is 2. The van der Waals surface area contributed by atoms with Crippen molar-refractivity contribution in [2.45, 2.75) is 20.8 Å². The van der Waals surface area contributed by atoms with Gasteiger partial charge >= 0.3 is 0 Å². The number of aromatic nitrogens is 2. The van der Waals surface area contributed by atoms with Gasteiger partial charge in [0.05, 0.1) is 0 Å². The van der Waals surface area contributed by atoms with Crippen LogP contribution in [0.25, 0.3) is 0 Å². The summed E-state index contributed by atoms with van der Waals surface area (Å²) in [4.78, 5) is 8.54. The van der Waals surface area contributed by atoms with Crippen LogP contribution >= 0.6 is 23.8 Å². The van der Waals surface area contributed by atoms with E-state index in [2.05, 4.69) is 20.6 Å². The first-order valence-electron chi connectivity index (χ1n) is 6.10. The number of hydrogen-bond donors (Lipinski definition) is 2. The molecule has 20 heavy (non-hydrogen) atoms. The Morgan fingerprint density at radius 3 is 2.30 bits per heavy atom. The first-order valence-corrected chi connectivity index (χ1v) is 6.89. The van der Waals surface area contributed by atoms with Crippen LogP contribution < -0.4 is 10.6 Å². The molecule has 0 saturated heterocycles. The molecule has 6 heteroatoms. The van der Waals surface area contributed by atoms with E-state index >= 15 is 0 Å². The van der Waals surface area contributed by atoms with E-state index in [0.717, 1.165) is 22.6 Å². The number of nitrogens with zero attached hydrogens (tertiary/aromatic N) is 2. The third-order valence-corrected chi connectivity index (χ3v) is 3.25. The fraction of sp³-hybridized carbons (Fsp3) is 0.214. The summed E-state index contributed by atoms with van der Waals surface area (Å²) in [5, 5.41) is 7.14. The number of benzene rings is 1. The largest absolute Gasteiger partial charge is 0.332 e. The highest BCUT2D eigenvalue weighted by Crippen LogP contribution is 2.20. The quantitative estimate of drug-likeness (QED) is 0.825. The third kappa shape index (κ3) is 3.88. The number of hydrogen-bond acceptors (Lipinski definition) is 3. The highest BCUT2D eigenvalue weighted by atomic mass is 35.5. The van der Waals surface area contributed by atoms with Crippen molar-refractivity contribution in [1.29, 1.82) is 0 Å². The lowest BCUT2D eigenvalue weighted by Crippen LogP contribution is -2.21. The standard InChI is InChI=1S/C14H15ClN4S/c1-8-4-5-11(7-12(8)15)18-14(20)19-13-16-9(2)6-10(3)17-13/h4-7H,1-3H3,(H2,16,17,18,19,20). The zero-order chi connectivity index (χ0) is 14.7. The molecular weight excluding hydrogens is 292 g/mol. The molecule has 0 radical (unpaired) electrons. The number of aryl methyl sites for hydroxylation is 3. The van der Waals surface area contributed by atoms with Crippen molar-refractivity contribution in [3.8, 4) is 0 Å². The Labute approximate surface area is 128 Å². The van der Waals surface area contributed by atoms with Crippen LogP contribution in [0.3, 0.4) is 0 Å². The summed E-state index contributed by atoms with van der Waals surface area (Å²) in [6, 6.07) is 7.58. The van der Waals surface area contributed by atoms with Gasteiger partial charge in [0.2, 0.25) is 5.95 Å². The van der Waals surface area contributed by atoms with Gasteiger partial charge in [-0.2, -0.15) is 0 Å². The van der Waals surface area contributed by atoms with Crippen molar-refractivity contribution < 1.29 is 0 Å². The lowest BCUT2D eigenvalue weighted by molar-refractivity contribution is 1.07. The maximum atomic E-state index is 6.07. The third-order valence-electron chi connectivity index (χ3n) is 2.64. The molecule has 2 aromatic rings. The molecule has 0 bridgehead atoms. The Balaban J connectivity index is 2.06. The van der Waals surface area contributed by atoms with Gasteiger partial charge in [-0.3, -0.25) is 0 Å². The van der Waals surface area contributed by atoms with Crippen LogP contribution in [-0.2, 0) is 0 Å². The molecule has 2 N–H and O–H groups in total. The van der Waals surface area contributed by atoms with E-state index in [1.54, 1.807) is 0 Å². The van der Waals surface area contributed by atoms with Gasteiger partial charge in [-0.25, -0.2) is 9.97 Å². The average molecular weight is 307 g/mol. The van der Waals surface area contributed by atoms with Gasteiger partial charge in [-0.15, -0.1) is 0 Å². The van der Waals surface area contributed by atoms with Crippen molar-refractivity contribution >= 4 is 40.6 Å². The van der Waals surface area contributed by atoms with Crippen LogP contribution in [0.15, 0.2) is 24.3 Å². The molecule has 1 aromatic carbocycles. The molecule has 1 aromatic heterocycles. The van der Waals surface area contributed by atoms with Crippen molar-refractivity contribution in [2.24, 2.45) is 0 Å². The molecular formula is C14H15ClN4S. The monoisotopic (exact) mass is 306 g/mol. The molecule has 0 amide bonds. The Hall–Kier alpha value is -1.72. The summed E-state index contributed by atoms with van der Waals surface area (Å²) in [5.41, 5.74) is 3.62. The predicted octanol–water partition coefficient (Wildman–Crippen LogP) is 3.86. The summed E-state index contributed by atoms with van der Waals surface area (Å²) >= 11 is 11.3. The van der Waals surface area contributed by atoms with E-state index in [1.165, 1.54) is 0 Å². The lowest BCUT2D eigenvalue weighted by atomic mass is 10.2. The minimum absolute atomic E-state index is 0.426. The Morgan fingerprint density at radius 1 is 1.05 bits per heavy atom. The van der Waals surface area contributed by atoms with Crippen molar-refractivity contribution in [3.05, 3.63) is 46.2 Å². The second-order valence-electron chi connectivity index (χ2n) is 4.52. The van der Waals surface area contributed by atoms with Gasteiger partial charge in [0, 0.05) is 22.1 Å². The molecule has 0 spiro atoms. The number of rotatable bonds is 2. The summed E-state index contributed by atoms with van der Waals surface area (Å²) in [6.07, 6.45) is 0. The predicted molar refractivity (Wildman–Crippen MR) is 87.5 cm³/mol. The number of thiocarbonyl (C=S) groups is 1. The average Bonchev–Trinajstić information content (AvgIpc) is 2.32. The molecule has 1 heterocycles. The molecule has 0 aliphatic carbocycles. The summed E-state index contributed by atoms with van der Waals surface area (Å²) < 4.78 is 0. The molecule has 2 rings (SSSR count). The Kier molecular flexibility index (Phi) is 4.52. The van der Waals surface area contributed by atoms with Gasteiger partial charge in [-0.05, 0) is 56.8 Å². The second kappa shape index (κ2) is 6.15. The van der Waals surface area contributed by atoms with Crippen LogP contribution in [0.1, 0.15) is 17.0 Å². The fourth-order valence-corrected chi connectivity index (χ4v) is 2.11. The van der Waals surface area contributed by atoms with E-state index in [1.807, 2.05) is 45.0 Å². The first kappa shape index (κ1) is 14.7. The van der Waals surface area contributed by atoms with Crippen molar-refractivity contribution in [3.63, 3.8) is 0 Å². The van der Waals surface area contributed by atoms with Gasteiger partial charge < -0.3 is 10.6 Å². The molecule has 0 aliphatic heterocycles.